The highest BCUT2D eigenvalue weighted by atomic mass is 19.4. The van der Waals surface area contributed by atoms with Gasteiger partial charge in [-0.1, -0.05) is 6.07 Å². The van der Waals surface area contributed by atoms with E-state index >= 15 is 0 Å². The Morgan fingerprint density at radius 1 is 1.43 bits per heavy atom. The molecular formula is C13H14F3NO4. The molecule has 0 bridgehead atoms. The first kappa shape index (κ1) is 15.6. The van der Waals surface area contributed by atoms with Gasteiger partial charge in [0.1, 0.15) is 12.7 Å². The largest absolute Gasteiger partial charge is 0.419 e. The number of aryl methyl sites for hydroxylation is 1. The van der Waals surface area contributed by atoms with Gasteiger partial charge in [0.25, 0.3) is 0 Å². The number of aromatic nitrogens is 1. The molecule has 0 aliphatic carbocycles. The molecule has 0 saturated heterocycles. The molecule has 1 atom stereocenters. The van der Waals surface area contributed by atoms with Crippen LogP contribution in [0.3, 0.4) is 0 Å². The van der Waals surface area contributed by atoms with E-state index in [4.69, 9.17) is 4.42 Å². The lowest BCUT2D eigenvalue weighted by Gasteiger charge is -2.13. The number of alkyl halides is 3. The smallest absolute Gasteiger partial charge is 0.408 e. The third-order valence-electron chi connectivity index (χ3n) is 2.93. The van der Waals surface area contributed by atoms with Crippen molar-refractivity contribution in [3.8, 4) is 0 Å². The standard InChI is InChI=1S/C13H14F3NO4/c1-2-17-9-4-3-8(5-11(9)21-12(17)19)10(18)6-20-7-13(14,15)16/h3-5,10,18H,2,6-7H2,1H3. The Balaban J connectivity index is 2.13. The summed E-state index contributed by atoms with van der Waals surface area (Å²) in [5.41, 5.74) is 1.16. The minimum atomic E-state index is -4.44. The number of hydrogen-bond donors (Lipinski definition) is 1. The summed E-state index contributed by atoms with van der Waals surface area (Å²) >= 11 is 0. The third-order valence-corrected chi connectivity index (χ3v) is 2.93. The molecule has 0 amide bonds. The number of hydrogen-bond acceptors (Lipinski definition) is 4. The Morgan fingerprint density at radius 3 is 2.76 bits per heavy atom. The average molecular weight is 305 g/mol. The maximum absolute atomic E-state index is 11.9. The highest BCUT2D eigenvalue weighted by Gasteiger charge is 2.28. The number of benzene rings is 1. The van der Waals surface area contributed by atoms with Crippen LogP contribution in [-0.4, -0.2) is 29.1 Å². The van der Waals surface area contributed by atoms with Gasteiger partial charge in [-0.3, -0.25) is 4.57 Å². The van der Waals surface area contributed by atoms with Gasteiger partial charge in [0, 0.05) is 6.54 Å². The van der Waals surface area contributed by atoms with Gasteiger partial charge in [0.15, 0.2) is 5.58 Å². The van der Waals surface area contributed by atoms with Crippen LogP contribution in [0.15, 0.2) is 27.4 Å². The van der Waals surface area contributed by atoms with Crippen LogP contribution < -0.4 is 5.76 Å². The summed E-state index contributed by atoms with van der Waals surface area (Å²) < 4.78 is 46.7. The Hall–Kier alpha value is -1.80. The topological polar surface area (TPSA) is 64.6 Å². The van der Waals surface area contributed by atoms with Crippen molar-refractivity contribution in [1.29, 1.82) is 0 Å². The summed E-state index contributed by atoms with van der Waals surface area (Å²) in [4.78, 5) is 11.5. The van der Waals surface area contributed by atoms with Gasteiger partial charge in [-0.2, -0.15) is 13.2 Å². The van der Waals surface area contributed by atoms with Crippen molar-refractivity contribution in [3.63, 3.8) is 0 Å². The van der Waals surface area contributed by atoms with E-state index in [0.717, 1.165) is 0 Å². The number of aliphatic hydroxyl groups excluding tert-OH is 1. The second-order valence-corrected chi connectivity index (χ2v) is 4.49. The van der Waals surface area contributed by atoms with Crippen molar-refractivity contribution in [2.75, 3.05) is 13.2 Å². The summed E-state index contributed by atoms with van der Waals surface area (Å²) in [6.07, 6.45) is -5.67. The molecule has 0 fully saturated rings. The fraction of sp³-hybridized carbons (Fsp3) is 0.462. The van der Waals surface area contributed by atoms with E-state index in [2.05, 4.69) is 4.74 Å². The zero-order valence-electron chi connectivity index (χ0n) is 11.2. The van der Waals surface area contributed by atoms with Crippen LogP contribution in [0.5, 0.6) is 0 Å². The molecule has 5 nitrogen and oxygen atoms in total. The molecule has 1 aromatic heterocycles. The lowest BCUT2D eigenvalue weighted by atomic mass is 10.1. The maximum atomic E-state index is 11.9. The van der Waals surface area contributed by atoms with E-state index in [1.165, 1.54) is 16.7 Å². The van der Waals surface area contributed by atoms with Gasteiger partial charge in [-0.05, 0) is 24.6 Å². The first-order valence-electron chi connectivity index (χ1n) is 6.27. The first-order valence-corrected chi connectivity index (χ1v) is 6.27. The molecule has 0 aliphatic rings. The molecule has 2 aromatic rings. The molecule has 21 heavy (non-hydrogen) atoms. The van der Waals surface area contributed by atoms with Crippen molar-refractivity contribution in [3.05, 3.63) is 34.3 Å². The Labute approximate surface area is 117 Å². The molecule has 1 unspecified atom stereocenters. The third kappa shape index (κ3) is 3.64. The molecule has 1 N–H and O–H groups in total. The molecule has 116 valence electrons. The van der Waals surface area contributed by atoms with Gasteiger partial charge in [0.05, 0.1) is 12.1 Å². The van der Waals surface area contributed by atoms with Crippen molar-refractivity contribution in [1.82, 2.24) is 4.57 Å². The van der Waals surface area contributed by atoms with E-state index in [1.54, 1.807) is 13.0 Å². The van der Waals surface area contributed by atoms with Crippen LogP contribution >= 0.6 is 0 Å². The molecule has 0 aliphatic heterocycles. The molecular weight excluding hydrogens is 291 g/mol. The van der Waals surface area contributed by atoms with Crippen LogP contribution in [0.1, 0.15) is 18.6 Å². The van der Waals surface area contributed by atoms with E-state index in [9.17, 15) is 23.1 Å². The number of ether oxygens (including phenoxy) is 1. The van der Waals surface area contributed by atoms with Gasteiger partial charge < -0.3 is 14.3 Å². The van der Waals surface area contributed by atoms with Gasteiger partial charge >= 0.3 is 11.9 Å². The van der Waals surface area contributed by atoms with Crippen molar-refractivity contribution in [2.24, 2.45) is 0 Å². The number of oxazole rings is 1. The maximum Gasteiger partial charge on any atom is 0.419 e. The summed E-state index contributed by atoms with van der Waals surface area (Å²) in [6, 6.07) is 4.52. The van der Waals surface area contributed by atoms with E-state index in [1.807, 2.05) is 0 Å². The van der Waals surface area contributed by atoms with Gasteiger partial charge in [-0.25, -0.2) is 4.79 Å². The fourth-order valence-electron chi connectivity index (χ4n) is 1.97. The summed E-state index contributed by atoms with van der Waals surface area (Å²) in [7, 11) is 0. The van der Waals surface area contributed by atoms with Gasteiger partial charge in [-0.15, -0.1) is 0 Å². The molecule has 0 saturated carbocycles. The molecule has 8 heteroatoms. The quantitative estimate of drug-likeness (QED) is 0.920. The second kappa shape index (κ2) is 5.90. The Bertz CT molecular complexity index is 674. The minimum absolute atomic E-state index is 0.272. The van der Waals surface area contributed by atoms with Crippen LogP contribution in [0.25, 0.3) is 11.1 Å². The van der Waals surface area contributed by atoms with Gasteiger partial charge in [0.2, 0.25) is 0 Å². The summed E-state index contributed by atoms with van der Waals surface area (Å²) in [5, 5.41) is 9.79. The van der Waals surface area contributed by atoms with Crippen LogP contribution in [0, 0.1) is 0 Å². The average Bonchev–Trinajstić information content (AvgIpc) is 2.71. The normalized spacial score (nSPS) is 13.8. The number of halogens is 3. The molecule has 2 rings (SSSR count). The van der Waals surface area contributed by atoms with Crippen molar-refractivity contribution in [2.45, 2.75) is 25.7 Å². The fourth-order valence-corrected chi connectivity index (χ4v) is 1.97. The lowest BCUT2D eigenvalue weighted by Crippen LogP contribution is -2.19. The number of aliphatic hydroxyl groups is 1. The lowest BCUT2D eigenvalue weighted by molar-refractivity contribution is -0.179. The van der Waals surface area contributed by atoms with Crippen LogP contribution in [0.4, 0.5) is 13.2 Å². The highest BCUT2D eigenvalue weighted by Crippen LogP contribution is 2.21. The molecule has 1 heterocycles. The second-order valence-electron chi connectivity index (χ2n) is 4.49. The Kier molecular flexibility index (Phi) is 4.38. The predicted octanol–water partition coefficient (Wildman–Crippen LogP) is 2.23. The molecule has 0 radical (unpaired) electrons. The van der Waals surface area contributed by atoms with Crippen LogP contribution in [-0.2, 0) is 11.3 Å². The number of fused-ring (bicyclic) bond motifs is 1. The minimum Gasteiger partial charge on any atom is -0.408 e. The van der Waals surface area contributed by atoms with E-state index in [0.29, 0.717) is 17.6 Å². The van der Waals surface area contributed by atoms with Crippen molar-refractivity contribution >= 4 is 11.1 Å². The predicted molar refractivity (Wildman–Crippen MR) is 68.0 cm³/mol. The summed E-state index contributed by atoms with van der Waals surface area (Å²) in [5.74, 6) is -0.521. The highest BCUT2D eigenvalue weighted by molar-refractivity contribution is 5.73. The molecule has 0 spiro atoms. The van der Waals surface area contributed by atoms with E-state index < -0.39 is 31.3 Å². The molecule has 1 aromatic carbocycles. The van der Waals surface area contributed by atoms with Crippen molar-refractivity contribution < 1.29 is 27.4 Å². The monoisotopic (exact) mass is 305 g/mol. The van der Waals surface area contributed by atoms with E-state index in [-0.39, 0.29) is 5.58 Å². The Morgan fingerprint density at radius 2 is 2.14 bits per heavy atom. The zero-order valence-corrected chi connectivity index (χ0v) is 11.2. The summed E-state index contributed by atoms with van der Waals surface area (Å²) in [6.45, 7) is 0.295. The number of nitrogens with zero attached hydrogens (tertiary/aromatic N) is 1. The van der Waals surface area contributed by atoms with Crippen LogP contribution in [0.2, 0.25) is 0 Å². The first-order chi connectivity index (χ1) is 9.81. The zero-order chi connectivity index (χ0) is 15.6. The number of rotatable bonds is 5. The SMILES string of the molecule is CCn1c(=O)oc2cc(C(O)COCC(F)(F)F)ccc21.